The van der Waals surface area contributed by atoms with E-state index in [1.54, 1.807) is 7.05 Å². The van der Waals surface area contributed by atoms with Gasteiger partial charge in [-0.3, -0.25) is 10.1 Å². The summed E-state index contributed by atoms with van der Waals surface area (Å²) in [5.74, 6) is -0.00102. The Balaban J connectivity index is 2.69. The average molecular weight is 285 g/mol. The number of hydrogen-bond donors (Lipinski definition) is 2. The predicted molar refractivity (Wildman–Crippen MR) is 69.2 cm³/mol. The molecule has 0 aliphatic rings. The number of hydrogen-bond acceptors (Lipinski definition) is 2. The van der Waals surface area contributed by atoms with Gasteiger partial charge in [-0.15, -0.1) is 0 Å². The molecule has 0 saturated heterocycles. The third-order valence-corrected chi connectivity index (χ3v) is 3.23. The molecule has 0 aromatic heterocycles. The Morgan fingerprint density at radius 2 is 1.94 bits per heavy atom. The van der Waals surface area contributed by atoms with Crippen molar-refractivity contribution in [2.45, 2.75) is 25.9 Å². The van der Waals surface area contributed by atoms with Crippen molar-refractivity contribution in [1.82, 2.24) is 10.6 Å². The maximum atomic E-state index is 11.4. The number of benzene rings is 1. The van der Waals surface area contributed by atoms with Gasteiger partial charge in [0.15, 0.2) is 0 Å². The van der Waals surface area contributed by atoms with Crippen LogP contribution in [-0.4, -0.2) is 19.0 Å². The Morgan fingerprint density at radius 3 is 2.50 bits per heavy atom. The van der Waals surface area contributed by atoms with Gasteiger partial charge in [-0.25, -0.2) is 0 Å². The number of rotatable bonds is 4. The summed E-state index contributed by atoms with van der Waals surface area (Å²) in [5, 5.41) is 5.87. The van der Waals surface area contributed by atoms with E-state index < -0.39 is 0 Å². The monoisotopic (exact) mass is 284 g/mol. The van der Waals surface area contributed by atoms with Gasteiger partial charge in [0.25, 0.3) is 0 Å². The topological polar surface area (TPSA) is 41.1 Å². The molecule has 0 saturated carbocycles. The lowest BCUT2D eigenvalue weighted by Gasteiger charge is -2.20. The molecule has 1 unspecified atom stereocenters. The molecule has 0 bridgehead atoms. The molecular weight excluding hydrogens is 268 g/mol. The fourth-order valence-corrected chi connectivity index (χ4v) is 2.21. The number of carbonyl (C=O) groups is 1. The minimum atomic E-state index is -0.202. The van der Waals surface area contributed by atoms with Gasteiger partial charge >= 0.3 is 0 Å². The minimum Gasteiger partial charge on any atom is -0.358 e. The van der Waals surface area contributed by atoms with Crippen LogP contribution in [0.4, 0.5) is 0 Å². The molecule has 2 N–H and O–H groups in total. The van der Waals surface area contributed by atoms with Crippen LogP contribution in [-0.2, 0) is 4.79 Å². The lowest BCUT2D eigenvalue weighted by molar-refractivity contribution is -0.122. The summed E-state index contributed by atoms with van der Waals surface area (Å²) in [7, 11) is 1.64. The molecule has 88 valence electrons. The van der Waals surface area contributed by atoms with Crippen molar-refractivity contribution in [3.63, 3.8) is 0 Å². The number of halogens is 1. The summed E-state index contributed by atoms with van der Waals surface area (Å²) in [6, 6.07) is 7.93. The largest absolute Gasteiger partial charge is 0.358 e. The molecule has 0 radical (unpaired) electrons. The highest BCUT2D eigenvalue weighted by atomic mass is 79.9. The van der Waals surface area contributed by atoms with Gasteiger partial charge in [0.05, 0.1) is 6.04 Å². The van der Waals surface area contributed by atoms with Crippen molar-refractivity contribution in [1.29, 1.82) is 0 Å². The second kappa shape index (κ2) is 6.01. The van der Waals surface area contributed by atoms with E-state index in [1.807, 2.05) is 38.1 Å². The third kappa shape index (κ3) is 3.32. The second-order valence-corrected chi connectivity index (χ2v) is 4.60. The van der Waals surface area contributed by atoms with Crippen LogP contribution in [0.15, 0.2) is 28.7 Å². The molecule has 0 spiro atoms. The van der Waals surface area contributed by atoms with E-state index in [1.165, 1.54) is 0 Å². The molecule has 1 rings (SSSR count). The van der Waals surface area contributed by atoms with E-state index in [-0.39, 0.29) is 18.0 Å². The van der Waals surface area contributed by atoms with Crippen molar-refractivity contribution in [2.75, 3.05) is 7.05 Å². The highest BCUT2D eigenvalue weighted by Gasteiger charge is 2.15. The van der Waals surface area contributed by atoms with Crippen molar-refractivity contribution in [3.8, 4) is 0 Å². The van der Waals surface area contributed by atoms with Crippen LogP contribution in [0, 0.1) is 0 Å². The minimum absolute atomic E-state index is 0.00102. The SMILES string of the molecule is CNC(=O)C(C)N[C@@H](C)c1ccccc1Br. The second-order valence-electron chi connectivity index (χ2n) is 3.75. The molecule has 1 aromatic rings. The Kier molecular flexibility index (Phi) is 4.96. The van der Waals surface area contributed by atoms with E-state index in [9.17, 15) is 4.79 Å². The average Bonchev–Trinajstić information content (AvgIpc) is 2.28. The Bertz CT molecular complexity index is 368. The lowest BCUT2D eigenvalue weighted by Crippen LogP contribution is -2.41. The molecule has 0 heterocycles. The standard InChI is InChI=1S/C12H17BrN2O/c1-8(15-9(2)12(16)14-3)10-6-4-5-7-11(10)13/h4-9,15H,1-3H3,(H,14,16)/t8-,9?/m0/s1. The van der Waals surface area contributed by atoms with E-state index in [2.05, 4.69) is 26.6 Å². The molecule has 3 nitrogen and oxygen atoms in total. The van der Waals surface area contributed by atoms with Gasteiger partial charge in [0, 0.05) is 17.6 Å². The number of amides is 1. The summed E-state index contributed by atoms with van der Waals surface area (Å²) < 4.78 is 1.05. The van der Waals surface area contributed by atoms with Gasteiger partial charge in [0.2, 0.25) is 5.91 Å². The van der Waals surface area contributed by atoms with Crippen LogP contribution in [0.5, 0.6) is 0 Å². The smallest absolute Gasteiger partial charge is 0.236 e. The van der Waals surface area contributed by atoms with Crippen molar-refractivity contribution in [3.05, 3.63) is 34.3 Å². The molecule has 1 amide bonds. The molecule has 0 fully saturated rings. The van der Waals surface area contributed by atoms with Crippen LogP contribution in [0.1, 0.15) is 25.5 Å². The van der Waals surface area contributed by atoms with Crippen LogP contribution < -0.4 is 10.6 Å². The Hall–Kier alpha value is -0.870. The summed E-state index contributed by atoms with van der Waals surface area (Å²) in [6.45, 7) is 3.89. The first kappa shape index (κ1) is 13.2. The number of carbonyl (C=O) groups excluding carboxylic acids is 1. The van der Waals surface area contributed by atoms with Crippen LogP contribution >= 0.6 is 15.9 Å². The van der Waals surface area contributed by atoms with Gasteiger partial charge in [0.1, 0.15) is 0 Å². The van der Waals surface area contributed by atoms with E-state index in [0.717, 1.165) is 10.0 Å². The first-order valence-electron chi connectivity index (χ1n) is 5.28. The normalized spacial score (nSPS) is 14.2. The van der Waals surface area contributed by atoms with Crippen molar-refractivity contribution in [2.24, 2.45) is 0 Å². The van der Waals surface area contributed by atoms with E-state index >= 15 is 0 Å². The Morgan fingerprint density at radius 1 is 1.31 bits per heavy atom. The van der Waals surface area contributed by atoms with Gasteiger partial charge < -0.3 is 5.32 Å². The summed E-state index contributed by atoms with van der Waals surface area (Å²) in [4.78, 5) is 11.4. The molecule has 0 aliphatic carbocycles. The maximum absolute atomic E-state index is 11.4. The quantitative estimate of drug-likeness (QED) is 0.890. The van der Waals surface area contributed by atoms with Crippen molar-refractivity contribution < 1.29 is 4.79 Å². The van der Waals surface area contributed by atoms with E-state index in [0.29, 0.717) is 0 Å². The van der Waals surface area contributed by atoms with Gasteiger partial charge in [-0.05, 0) is 25.5 Å². The van der Waals surface area contributed by atoms with Crippen LogP contribution in [0.2, 0.25) is 0 Å². The zero-order valence-corrected chi connectivity index (χ0v) is 11.3. The van der Waals surface area contributed by atoms with Crippen molar-refractivity contribution >= 4 is 21.8 Å². The third-order valence-electron chi connectivity index (χ3n) is 2.51. The summed E-state index contributed by atoms with van der Waals surface area (Å²) in [6.07, 6.45) is 0. The number of nitrogens with one attached hydrogen (secondary N) is 2. The zero-order valence-electron chi connectivity index (χ0n) is 9.75. The predicted octanol–water partition coefficient (Wildman–Crippen LogP) is 2.23. The fourth-order valence-electron chi connectivity index (χ4n) is 1.58. The lowest BCUT2D eigenvalue weighted by atomic mass is 10.1. The van der Waals surface area contributed by atoms with E-state index in [4.69, 9.17) is 0 Å². The molecule has 16 heavy (non-hydrogen) atoms. The Labute approximate surface area is 105 Å². The van der Waals surface area contributed by atoms with Crippen LogP contribution in [0.25, 0.3) is 0 Å². The number of likely N-dealkylation sites (N-methyl/N-ethyl adjacent to an activating group) is 1. The van der Waals surface area contributed by atoms with Crippen LogP contribution in [0.3, 0.4) is 0 Å². The highest BCUT2D eigenvalue weighted by Crippen LogP contribution is 2.22. The van der Waals surface area contributed by atoms with Gasteiger partial charge in [-0.1, -0.05) is 34.1 Å². The molecule has 2 atom stereocenters. The maximum Gasteiger partial charge on any atom is 0.236 e. The summed E-state index contributed by atoms with van der Waals surface area (Å²) in [5.41, 5.74) is 1.15. The molecular formula is C12H17BrN2O. The zero-order chi connectivity index (χ0) is 12.1. The molecule has 4 heteroatoms. The molecule has 1 aromatic carbocycles. The molecule has 0 aliphatic heterocycles. The first-order valence-corrected chi connectivity index (χ1v) is 6.07. The summed E-state index contributed by atoms with van der Waals surface area (Å²) >= 11 is 3.50. The first-order chi connectivity index (χ1) is 7.56. The highest BCUT2D eigenvalue weighted by molar-refractivity contribution is 9.10. The van der Waals surface area contributed by atoms with Gasteiger partial charge in [-0.2, -0.15) is 0 Å². The fraction of sp³-hybridized carbons (Fsp3) is 0.417.